The first kappa shape index (κ1) is 25.6. The number of carbonyl (C=O) groups excluding carboxylic acids is 2. The maximum absolute atomic E-state index is 13.7. The summed E-state index contributed by atoms with van der Waals surface area (Å²) in [5.74, 6) is -0.675. The Balaban J connectivity index is 1.75. The lowest BCUT2D eigenvalue weighted by Gasteiger charge is -2.36. The summed E-state index contributed by atoms with van der Waals surface area (Å²) in [6.07, 6.45) is -5.53. The van der Waals surface area contributed by atoms with Crippen LogP contribution in [0.2, 0.25) is 0 Å². The molecule has 2 aromatic carbocycles. The van der Waals surface area contributed by atoms with Crippen molar-refractivity contribution in [3.8, 4) is 5.75 Å². The number of hydrogen-bond acceptors (Lipinski definition) is 5. The second-order valence-electron chi connectivity index (χ2n) is 9.14. The molecule has 1 aliphatic heterocycles. The van der Waals surface area contributed by atoms with Crippen LogP contribution in [-0.2, 0) is 28.7 Å². The number of rotatable bonds is 6. The second-order valence-corrected chi connectivity index (χ2v) is 9.14. The Labute approximate surface area is 197 Å². The van der Waals surface area contributed by atoms with E-state index in [0.29, 0.717) is 6.54 Å². The Bertz CT molecular complexity index is 1000. The first-order valence-corrected chi connectivity index (χ1v) is 11.0. The van der Waals surface area contributed by atoms with Crippen molar-refractivity contribution in [2.24, 2.45) is 0 Å². The van der Waals surface area contributed by atoms with E-state index >= 15 is 0 Å². The number of carbonyl (C=O) groups is 2. The third-order valence-electron chi connectivity index (χ3n) is 5.21. The van der Waals surface area contributed by atoms with Crippen LogP contribution in [0.3, 0.4) is 0 Å². The standard InChI is InChI=1S/C25H29F3N2O4/c1-24(2,3)34-23(32)30-12-11-29-15-20(30)21(31)14-18-9-10-22(19(13-18)25(26,27)28)33-16-17-7-5-4-6-8-17/h4-10,13,20,29H,11-12,14-16H2,1-3H3. The predicted octanol–water partition coefficient (Wildman–Crippen LogP) is 4.60. The zero-order valence-electron chi connectivity index (χ0n) is 19.4. The molecule has 1 fully saturated rings. The van der Waals surface area contributed by atoms with Gasteiger partial charge in [0.05, 0.1) is 5.56 Å². The minimum Gasteiger partial charge on any atom is -0.488 e. The summed E-state index contributed by atoms with van der Waals surface area (Å²) in [6, 6.07) is 11.7. The lowest BCUT2D eigenvalue weighted by Crippen LogP contribution is -2.58. The van der Waals surface area contributed by atoms with E-state index < -0.39 is 29.5 Å². The van der Waals surface area contributed by atoms with Gasteiger partial charge in [0.15, 0.2) is 5.78 Å². The minimum atomic E-state index is -4.65. The molecule has 0 radical (unpaired) electrons. The molecule has 0 aliphatic carbocycles. The summed E-state index contributed by atoms with van der Waals surface area (Å²) < 4.78 is 52.0. The fourth-order valence-corrected chi connectivity index (χ4v) is 3.62. The van der Waals surface area contributed by atoms with Crippen molar-refractivity contribution in [2.75, 3.05) is 19.6 Å². The van der Waals surface area contributed by atoms with Crippen LogP contribution in [0.15, 0.2) is 48.5 Å². The molecule has 3 rings (SSSR count). The number of piperazine rings is 1. The van der Waals surface area contributed by atoms with Gasteiger partial charge in [0.25, 0.3) is 0 Å². The van der Waals surface area contributed by atoms with Gasteiger partial charge in [-0.15, -0.1) is 0 Å². The van der Waals surface area contributed by atoms with Crippen molar-refractivity contribution in [3.05, 3.63) is 65.2 Å². The van der Waals surface area contributed by atoms with E-state index in [9.17, 15) is 22.8 Å². The molecule has 1 atom stereocenters. The highest BCUT2D eigenvalue weighted by molar-refractivity contribution is 5.89. The third-order valence-corrected chi connectivity index (χ3v) is 5.21. The van der Waals surface area contributed by atoms with Gasteiger partial charge in [-0.05, 0) is 44.0 Å². The number of alkyl halides is 3. The lowest BCUT2D eigenvalue weighted by atomic mass is 9.99. The number of nitrogens with one attached hydrogen (secondary N) is 1. The predicted molar refractivity (Wildman–Crippen MR) is 121 cm³/mol. The maximum Gasteiger partial charge on any atom is 0.419 e. The normalized spacial score (nSPS) is 16.8. The van der Waals surface area contributed by atoms with Gasteiger partial charge in [0.1, 0.15) is 24.0 Å². The highest BCUT2D eigenvalue weighted by Gasteiger charge is 2.37. The molecule has 1 heterocycles. The molecule has 0 aromatic heterocycles. The highest BCUT2D eigenvalue weighted by Crippen LogP contribution is 2.37. The van der Waals surface area contributed by atoms with Crippen LogP contribution in [0.5, 0.6) is 5.75 Å². The Hall–Kier alpha value is -3.07. The molecular formula is C25H29F3N2O4. The SMILES string of the molecule is CC(C)(C)OC(=O)N1CCNCC1C(=O)Cc1ccc(OCc2ccccc2)c(C(F)(F)F)c1. The number of ketones is 1. The Morgan fingerprint density at radius 1 is 1.06 bits per heavy atom. The van der Waals surface area contributed by atoms with Crippen LogP contribution in [0, 0.1) is 0 Å². The van der Waals surface area contributed by atoms with Crippen molar-refractivity contribution in [1.82, 2.24) is 10.2 Å². The van der Waals surface area contributed by atoms with E-state index in [1.54, 1.807) is 45.0 Å². The molecule has 0 saturated carbocycles. The molecule has 34 heavy (non-hydrogen) atoms. The van der Waals surface area contributed by atoms with Crippen molar-refractivity contribution in [2.45, 2.75) is 51.6 Å². The van der Waals surface area contributed by atoms with Gasteiger partial charge in [-0.3, -0.25) is 9.69 Å². The van der Waals surface area contributed by atoms with Gasteiger partial charge >= 0.3 is 12.3 Å². The number of benzene rings is 2. The number of amides is 1. The number of Topliss-reactive ketones (excluding diaryl/α,β-unsaturated/α-hetero) is 1. The fraction of sp³-hybridized carbons (Fsp3) is 0.440. The number of halogens is 3. The van der Waals surface area contributed by atoms with Crippen LogP contribution >= 0.6 is 0 Å². The maximum atomic E-state index is 13.7. The average molecular weight is 479 g/mol. The smallest absolute Gasteiger partial charge is 0.419 e. The van der Waals surface area contributed by atoms with E-state index in [4.69, 9.17) is 9.47 Å². The van der Waals surface area contributed by atoms with Gasteiger partial charge in [0.2, 0.25) is 0 Å². The molecule has 184 valence electrons. The van der Waals surface area contributed by atoms with Gasteiger partial charge in [-0.2, -0.15) is 13.2 Å². The first-order chi connectivity index (χ1) is 15.9. The molecular weight excluding hydrogens is 449 g/mol. The monoisotopic (exact) mass is 478 g/mol. The van der Waals surface area contributed by atoms with E-state index in [2.05, 4.69) is 5.32 Å². The molecule has 6 nitrogen and oxygen atoms in total. The van der Waals surface area contributed by atoms with Crippen LogP contribution in [0.25, 0.3) is 0 Å². The lowest BCUT2D eigenvalue weighted by molar-refractivity contribution is -0.139. The van der Waals surface area contributed by atoms with Crippen molar-refractivity contribution < 1.29 is 32.2 Å². The third kappa shape index (κ3) is 6.96. The summed E-state index contributed by atoms with van der Waals surface area (Å²) in [5, 5.41) is 3.06. The summed E-state index contributed by atoms with van der Waals surface area (Å²) in [7, 11) is 0. The summed E-state index contributed by atoms with van der Waals surface area (Å²) in [6.45, 7) is 6.14. The zero-order valence-corrected chi connectivity index (χ0v) is 19.4. The molecule has 0 spiro atoms. The van der Waals surface area contributed by atoms with Gasteiger partial charge in [-0.1, -0.05) is 36.4 Å². The molecule has 1 amide bonds. The van der Waals surface area contributed by atoms with Gasteiger partial charge in [-0.25, -0.2) is 4.79 Å². The molecule has 1 N–H and O–H groups in total. The summed E-state index contributed by atoms with van der Waals surface area (Å²) in [4.78, 5) is 26.9. The largest absolute Gasteiger partial charge is 0.488 e. The fourth-order valence-electron chi connectivity index (χ4n) is 3.62. The van der Waals surface area contributed by atoms with E-state index in [0.717, 1.165) is 11.6 Å². The zero-order chi connectivity index (χ0) is 24.9. The topological polar surface area (TPSA) is 67.9 Å². The van der Waals surface area contributed by atoms with Crippen LogP contribution in [0.4, 0.5) is 18.0 Å². The van der Waals surface area contributed by atoms with Crippen LogP contribution in [0.1, 0.15) is 37.5 Å². The molecule has 1 aliphatic rings. The van der Waals surface area contributed by atoms with Crippen LogP contribution in [-0.4, -0.2) is 48.1 Å². The van der Waals surface area contributed by atoms with Crippen molar-refractivity contribution in [1.29, 1.82) is 0 Å². The Morgan fingerprint density at radius 3 is 2.41 bits per heavy atom. The van der Waals surface area contributed by atoms with Gasteiger partial charge in [0, 0.05) is 26.1 Å². The van der Waals surface area contributed by atoms with E-state index in [1.807, 2.05) is 6.07 Å². The minimum absolute atomic E-state index is 0.0131. The van der Waals surface area contributed by atoms with Crippen LogP contribution < -0.4 is 10.1 Å². The van der Waals surface area contributed by atoms with E-state index in [-0.39, 0.29) is 43.2 Å². The van der Waals surface area contributed by atoms with Gasteiger partial charge < -0.3 is 14.8 Å². The number of nitrogens with zero attached hydrogens (tertiary/aromatic N) is 1. The summed E-state index contributed by atoms with van der Waals surface area (Å²) in [5.41, 5.74) is -0.743. The molecule has 1 saturated heterocycles. The first-order valence-electron chi connectivity index (χ1n) is 11.0. The molecule has 9 heteroatoms. The Kier molecular flexibility index (Phi) is 7.86. The second kappa shape index (κ2) is 10.5. The molecule has 0 bridgehead atoms. The van der Waals surface area contributed by atoms with Crippen molar-refractivity contribution >= 4 is 11.9 Å². The van der Waals surface area contributed by atoms with Crippen molar-refractivity contribution in [3.63, 3.8) is 0 Å². The Morgan fingerprint density at radius 2 is 1.76 bits per heavy atom. The average Bonchev–Trinajstić information content (AvgIpc) is 2.77. The summed E-state index contributed by atoms with van der Waals surface area (Å²) >= 11 is 0. The molecule has 2 aromatic rings. The number of hydrogen-bond donors (Lipinski definition) is 1. The number of ether oxygens (including phenoxy) is 2. The highest BCUT2D eigenvalue weighted by atomic mass is 19.4. The van der Waals surface area contributed by atoms with E-state index in [1.165, 1.54) is 17.0 Å². The molecule has 1 unspecified atom stereocenters. The quantitative estimate of drug-likeness (QED) is 0.657.